The first-order valence-corrected chi connectivity index (χ1v) is 9.80. The first kappa shape index (κ1) is 19.2. The van der Waals surface area contributed by atoms with E-state index < -0.39 is 5.92 Å². The van der Waals surface area contributed by atoms with E-state index in [1.165, 1.54) is 0 Å². The number of rotatable bonds is 4. The van der Waals surface area contributed by atoms with Crippen molar-refractivity contribution in [2.24, 2.45) is 5.92 Å². The van der Waals surface area contributed by atoms with Gasteiger partial charge < -0.3 is 9.80 Å². The summed E-state index contributed by atoms with van der Waals surface area (Å²) in [5.41, 5.74) is 3.40. The third kappa shape index (κ3) is 3.39. The average molecular weight is 381 g/mol. The Labute approximate surface area is 165 Å². The Morgan fingerprint density at radius 2 is 1.81 bits per heavy atom. The van der Waals surface area contributed by atoms with Gasteiger partial charge in [0.05, 0.1) is 16.5 Å². The van der Waals surface area contributed by atoms with Crippen LogP contribution in [0.15, 0.2) is 54.3 Å². The Morgan fingerprint density at radius 3 is 2.48 bits per heavy atom. The summed E-state index contributed by atoms with van der Waals surface area (Å²) >= 11 is 5.37. The Kier molecular flexibility index (Phi) is 5.71. The molecule has 1 fully saturated rings. The normalized spacial score (nSPS) is 22.8. The monoisotopic (exact) mass is 380 g/mol. The zero-order valence-corrected chi connectivity index (χ0v) is 16.8. The number of Topliss-reactive ketones (excluding diaryl/α,β-unsaturated/α-hetero) is 1. The van der Waals surface area contributed by atoms with Crippen LogP contribution in [0.25, 0.3) is 5.57 Å². The summed E-state index contributed by atoms with van der Waals surface area (Å²) in [5, 5.41) is 0. The summed E-state index contributed by atoms with van der Waals surface area (Å²) < 4.78 is 0. The fourth-order valence-electron chi connectivity index (χ4n) is 3.55. The molecular weight excluding hydrogens is 356 g/mol. The van der Waals surface area contributed by atoms with Crippen molar-refractivity contribution < 1.29 is 9.59 Å². The molecule has 2 aliphatic rings. The van der Waals surface area contributed by atoms with Crippen molar-refractivity contribution in [3.63, 3.8) is 0 Å². The van der Waals surface area contributed by atoms with Gasteiger partial charge in [0.15, 0.2) is 5.78 Å². The molecule has 2 heterocycles. The molecule has 2 aliphatic heterocycles. The number of hydrogen-bond acceptors (Lipinski definition) is 4. The molecule has 1 amide bonds. The highest BCUT2D eigenvalue weighted by Gasteiger charge is 2.39. The minimum absolute atomic E-state index is 0.169. The van der Waals surface area contributed by atoms with Crippen LogP contribution in [-0.4, -0.2) is 34.7 Å². The molecule has 1 aromatic rings. The van der Waals surface area contributed by atoms with Gasteiger partial charge in [0.1, 0.15) is 0 Å². The minimum Gasteiger partial charge on any atom is -0.348 e. The van der Waals surface area contributed by atoms with Crippen molar-refractivity contribution in [3.8, 4) is 0 Å². The van der Waals surface area contributed by atoms with Crippen LogP contribution in [0.3, 0.4) is 0 Å². The molecule has 140 valence electrons. The number of anilines is 1. The number of nitrogens with zero attached hydrogens (tertiary/aromatic N) is 2. The molecule has 4 nitrogen and oxygen atoms in total. The van der Waals surface area contributed by atoms with Crippen LogP contribution < -0.4 is 4.90 Å². The Balaban J connectivity index is 2.02. The van der Waals surface area contributed by atoms with Gasteiger partial charge in [0, 0.05) is 30.5 Å². The number of likely N-dealkylation sites (tertiary alicyclic amines) is 1. The number of ketones is 1. The maximum atomic E-state index is 12.8. The van der Waals surface area contributed by atoms with Gasteiger partial charge in [-0.3, -0.25) is 9.59 Å². The van der Waals surface area contributed by atoms with Gasteiger partial charge in [-0.15, -0.1) is 0 Å². The molecule has 0 aliphatic carbocycles. The lowest BCUT2D eigenvalue weighted by Crippen LogP contribution is -2.49. The number of para-hydroxylation sites is 1. The average Bonchev–Trinajstić information content (AvgIpc) is 2.68. The summed E-state index contributed by atoms with van der Waals surface area (Å²) in [5.74, 6) is -0.860. The van der Waals surface area contributed by atoms with E-state index in [1.54, 1.807) is 11.0 Å². The summed E-state index contributed by atoms with van der Waals surface area (Å²) in [6.07, 6.45) is 8.17. The molecule has 1 unspecified atom stereocenters. The molecule has 0 aromatic heterocycles. The first-order valence-electron chi connectivity index (χ1n) is 9.39. The minimum atomic E-state index is -0.396. The summed E-state index contributed by atoms with van der Waals surface area (Å²) in [7, 11) is 0. The lowest BCUT2D eigenvalue weighted by atomic mass is 9.88. The number of piperidine rings is 1. The second kappa shape index (κ2) is 8.01. The standard InChI is InChI=1S/C22H24N2O2S/c1-4-16-20(25)18(21(26)24(6-3)22(16)27)12-11-15-13-14-23(5-2)19-10-8-7-9-17(15)19/h7-14,16H,4-6H2,1-3H3/b15-11+,18-12-. The molecule has 1 aromatic carbocycles. The van der Waals surface area contributed by atoms with Crippen LogP contribution in [0.4, 0.5) is 5.69 Å². The van der Waals surface area contributed by atoms with E-state index in [0.717, 1.165) is 23.4 Å². The largest absolute Gasteiger partial charge is 0.348 e. The van der Waals surface area contributed by atoms with Gasteiger partial charge in [-0.05, 0) is 44.1 Å². The van der Waals surface area contributed by atoms with Gasteiger partial charge >= 0.3 is 0 Å². The van der Waals surface area contributed by atoms with Gasteiger partial charge in [-0.25, -0.2) is 0 Å². The topological polar surface area (TPSA) is 40.6 Å². The van der Waals surface area contributed by atoms with Crippen LogP contribution in [0, 0.1) is 5.92 Å². The number of benzene rings is 1. The lowest BCUT2D eigenvalue weighted by Gasteiger charge is -2.32. The Morgan fingerprint density at radius 1 is 1.07 bits per heavy atom. The van der Waals surface area contributed by atoms with Crippen molar-refractivity contribution in [2.75, 3.05) is 18.0 Å². The van der Waals surface area contributed by atoms with Crippen molar-refractivity contribution in [1.82, 2.24) is 4.90 Å². The predicted octanol–water partition coefficient (Wildman–Crippen LogP) is 4.13. The smallest absolute Gasteiger partial charge is 0.262 e. The second-order valence-electron chi connectivity index (χ2n) is 6.53. The van der Waals surface area contributed by atoms with E-state index >= 15 is 0 Å². The number of allylic oxidation sites excluding steroid dienone is 4. The van der Waals surface area contributed by atoms with Crippen LogP contribution >= 0.6 is 12.2 Å². The molecule has 0 saturated carbocycles. The number of carbonyl (C=O) groups excluding carboxylic acids is 2. The number of likely N-dealkylation sites (N-methyl/N-ethyl adjacent to an activating group) is 1. The molecule has 27 heavy (non-hydrogen) atoms. The number of thiocarbonyl (C=S) groups is 1. The summed E-state index contributed by atoms with van der Waals surface area (Å²) in [6.45, 7) is 7.25. The maximum absolute atomic E-state index is 12.8. The van der Waals surface area contributed by atoms with Gasteiger partial charge in [0.2, 0.25) is 0 Å². The third-order valence-electron chi connectivity index (χ3n) is 5.07. The van der Waals surface area contributed by atoms with E-state index in [-0.39, 0.29) is 17.3 Å². The quantitative estimate of drug-likeness (QED) is 0.447. The van der Waals surface area contributed by atoms with Crippen molar-refractivity contribution >= 4 is 40.2 Å². The molecule has 0 N–H and O–H groups in total. The van der Waals surface area contributed by atoms with E-state index in [2.05, 4.69) is 24.0 Å². The van der Waals surface area contributed by atoms with Crippen LogP contribution in [0.5, 0.6) is 0 Å². The highest BCUT2D eigenvalue weighted by molar-refractivity contribution is 7.80. The second-order valence-corrected chi connectivity index (χ2v) is 6.95. The van der Waals surface area contributed by atoms with E-state index in [4.69, 9.17) is 12.2 Å². The molecule has 5 heteroatoms. The van der Waals surface area contributed by atoms with Gasteiger partial charge in [0.25, 0.3) is 5.91 Å². The summed E-state index contributed by atoms with van der Waals surface area (Å²) in [4.78, 5) is 29.7. The first-order chi connectivity index (χ1) is 13.0. The number of fused-ring (bicyclic) bond motifs is 1. The Bertz CT molecular complexity index is 854. The molecule has 1 saturated heterocycles. The highest BCUT2D eigenvalue weighted by atomic mass is 32.1. The SMILES string of the molecule is CCC1C(=O)/C(=C/C=C2\C=CN(CC)c3ccccc32)C(=O)N(CC)C1=S. The fourth-order valence-corrected chi connectivity index (χ4v) is 4.04. The molecule has 1 atom stereocenters. The van der Waals surface area contributed by atoms with Crippen LogP contribution in [0.2, 0.25) is 0 Å². The van der Waals surface area contributed by atoms with Crippen molar-refractivity contribution in [2.45, 2.75) is 27.2 Å². The van der Waals surface area contributed by atoms with Gasteiger partial charge in [-0.2, -0.15) is 0 Å². The maximum Gasteiger partial charge on any atom is 0.262 e. The molecule has 0 spiro atoms. The van der Waals surface area contributed by atoms with Crippen LogP contribution in [0.1, 0.15) is 32.8 Å². The molecule has 0 bridgehead atoms. The van der Waals surface area contributed by atoms with E-state index in [0.29, 0.717) is 18.0 Å². The summed E-state index contributed by atoms with van der Waals surface area (Å²) in [6, 6.07) is 8.13. The number of hydrogen-bond donors (Lipinski definition) is 0. The Hall–Kier alpha value is -2.53. The number of amides is 1. The molecule has 3 rings (SSSR count). The van der Waals surface area contributed by atoms with Crippen molar-refractivity contribution in [1.29, 1.82) is 0 Å². The fraction of sp³-hybridized carbons (Fsp3) is 0.318. The molecule has 0 radical (unpaired) electrons. The highest BCUT2D eigenvalue weighted by Crippen LogP contribution is 2.33. The molecular formula is C22H24N2O2S. The zero-order chi connectivity index (χ0) is 19.6. The van der Waals surface area contributed by atoms with Crippen LogP contribution in [-0.2, 0) is 9.59 Å². The lowest BCUT2D eigenvalue weighted by molar-refractivity contribution is -0.129. The number of carbonyl (C=O) groups is 2. The third-order valence-corrected chi connectivity index (χ3v) is 5.58. The van der Waals surface area contributed by atoms with E-state index in [9.17, 15) is 9.59 Å². The van der Waals surface area contributed by atoms with E-state index in [1.807, 2.05) is 44.3 Å². The zero-order valence-electron chi connectivity index (χ0n) is 15.9. The van der Waals surface area contributed by atoms with Gasteiger partial charge in [-0.1, -0.05) is 43.4 Å². The van der Waals surface area contributed by atoms with Crippen molar-refractivity contribution in [3.05, 3.63) is 59.8 Å². The predicted molar refractivity (Wildman–Crippen MR) is 113 cm³/mol.